The van der Waals surface area contributed by atoms with Crippen LogP contribution in [0.4, 0.5) is 0 Å². The standard InChI is InChI=1S/C8H19NO.C7H6O2/c9-7-5-3-1-2-4-6-8-10;8-7(9)6-4-2-1-3-5-6/h10H,1-9H2;1-5H,(H,8,9). The molecule has 0 fully saturated rings. The summed E-state index contributed by atoms with van der Waals surface area (Å²) >= 11 is 0. The number of carboxylic acid groups (broad SMARTS) is 1. The monoisotopic (exact) mass is 267 g/mol. The average molecular weight is 267 g/mol. The Morgan fingerprint density at radius 2 is 1.47 bits per heavy atom. The molecule has 0 saturated carbocycles. The van der Waals surface area contributed by atoms with Gasteiger partial charge in [0.15, 0.2) is 0 Å². The van der Waals surface area contributed by atoms with Crippen molar-refractivity contribution in [2.75, 3.05) is 13.2 Å². The predicted octanol–water partition coefficient (Wildman–Crippen LogP) is 2.66. The van der Waals surface area contributed by atoms with Gasteiger partial charge in [-0.3, -0.25) is 0 Å². The summed E-state index contributed by atoms with van der Waals surface area (Å²) in [5, 5.41) is 16.8. The van der Waals surface area contributed by atoms with Gasteiger partial charge in [-0.1, -0.05) is 43.9 Å². The molecule has 19 heavy (non-hydrogen) atoms. The Kier molecular flexibility index (Phi) is 12.1. The van der Waals surface area contributed by atoms with E-state index in [1.54, 1.807) is 30.3 Å². The SMILES string of the molecule is NCCCCCCCCO.O=C(O)c1ccccc1. The van der Waals surface area contributed by atoms with E-state index in [9.17, 15) is 4.79 Å². The van der Waals surface area contributed by atoms with E-state index >= 15 is 0 Å². The third-order valence-electron chi connectivity index (χ3n) is 2.63. The molecule has 0 aromatic heterocycles. The van der Waals surface area contributed by atoms with E-state index in [4.69, 9.17) is 15.9 Å². The number of benzene rings is 1. The molecule has 4 N–H and O–H groups in total. The molecule has 0 spiro atoms. The Bertz CT molecular complexity index is 306. The van der Waals surface area contributed by atoms with E-state index < -0.39 is 5.97 Å². The Labute approximate surface area is 115 Å². The van der Waals surface area contributed by atoms with E-state index in [1.807, 2.05) is 0 Å². The molecule has 0 aliphatic heterocycles. The van der Waals surface area contributed by atoms with Gasteiger partial charge in [0.2, 0.25) is 0 Å². The number of hydrogen-bond donors (Lipinski definition) is 3. The summed E-state index contributed by atoms with van der Waals surface area (Å²) in [5.41, 5.74) is 5.66. The summed E-state index contributed by atoms with van der Waals surface area (Å²) < 4.78 is 0. The molecule has 0 bridgehead atoms. The molecule has 1 rings (SSSR count). The van der Waals surface area contributed by atoms with E-state index in [1.165, 1.54) is 25.7 Å². The van der Waals surface area contributed by atoms with Crippen molar-refractivity contribution in [1.29, 1.82) is 0 Å². The summed E-state index contributed by atoms with van der Waals surface area (Å²) in [7, 11) is 0. The molecule has 0 unspecified atom stereocenters. The predicted molar refractivity (Wildman–Crippen MR) is 77.2 cm³/mol. The van der Waals surface area contributed by atoms with Gasteiger partial charge in [0.25, 0.3) is 0 Å². The van der Waals surface area contributed by atoms with Crippen molar-refractivity contribution in [3.8, 4) is 0 Å². The van der Waals surface area contributed by atoms with Gasteiger partial charge in [0.05, 0.1) is 5.56 Å². The molecule has 1 aromatic carbocycles. The first-order chi connectivity index (χ1) is 9.22. The van der Waals surface area contributed by atoms with Crippen LogP contribution in [0.3, 0.4) is 0 Å². The van der Waals surface area contributed by atoms with Crippen LogP contribution in [-0.2, 0) is 0 Å². The normalized spacial score (nSPS) is 9.58. The smallest absolute Gasteiger partial charge is 0.335 e. The van der Waals surface area contributed by atoms with Crippen LogP contribution in [0.15, 0.2) is 30.3 Å². The second-order valence-electron chi connectivity index (χ2n) is 4.30. The molecule has 0 heterocycles. The largest absolute Gasteiger partial charge is 0.478 e. The fourth-order valence-electron chi connectivity index (χ4n) is 1.54. The molecular formula is C15H25NO3. The second kappa shape index (κ2) is 13.1. The highest BCUT2D eigenvalue weighted by atomic mass is 16.4. The zero-order chi connectivity index (χ0) is 14.3. The number of aromatic carboxylic acids is 1. The third kappa shape index (κ3) is 11.4. The molecule has 1 aromatic rings. The Morgan fingerprint density at radius 3 is 1.89 bits per heavy atom. The number of aliphatic hydroxyl groups is 1. The van der Waals surface area contributed by atoms with Crippen molar-refractivity contribution in [3.63, 3.8) is 0 Å². The van der Waals surface area contributed by atoms with Crippen molar-refractivity contribution in [3.05, 3.63) is 35.9 Å². The lowest BCUT2D eigenvalue weighted by Gasteiger charge is -1.97. The van der Waals surface area contributed by atoms with Crippen LogP contribution in [-0.4, -0.2) is 29.3 Å². The molecule has 4 heteroatoms. The number of carbonyl (C=O) groups is 1. The summed E-state index contributed by atoms with van der Waals surface area (Å²) in [6.45, 7) is 1.16. The Balaban J connectivity index is 0.000000342. The molecule has 0 amide bonds. The van der Waals surface area contributed by atoms with Crippen LogP contribution >= 0.6 is 0 Å². The molecule has 0 aliphatic carbocycles. The fourth-order valence-corrected chi connectivity index (χ4v) is 1.54. The molecule has 4 nitrogen and oxygen atoms in total. The number of unbranched alkanes of at least 4 members (excludes halogenated alkanes) is 5. The van der Waals surface area contributed by atoms with Crippen molar-refractivity contribution in [2.24, 2.45) is 5.73 Å². The van der Waals surface area contributed by atoms with Crippen LogP contribution in [0.25, 0.3) is 0 Å². The topological polar surface area (TPSA) is 83.5 Å². The fraction of sp³-hybridized carbons (Fsp3) is 0.533. The van der Waals surface area contributed by atoms with Gasteiger partial charge < -0.3 is 15.9 Å². The van der Waals surface area contributed by atoms with Gasteiger partial charge in [-0.15, -0.1) is 0 Å². The first-order valence-electron chi connectivity index (χ1n) is 6.81. The van der Waals surface area contributed by atoms with Crippen LogP contribution in [0.2, 0.25) is 0 Å². The minimum absolute atomic E-state index is 0.331. The zero-order valence-corrected chi connectivity index (χ0v) is 11.4. The van der Waals surface area contributed by atoms with Crippen LogP contribution in [0.5, 0.6) is 0 Å². The van der Waals surface area contributed by atoms with E-state index in [0.29, 0.717) is 12.2 Å². The lowest BCUT2D eigenvalue weighted by molar-refractivity contribution is 0.0697. The number of nitrogens with two attached hydrogens (primary N) is 1. The highest BCUT2D eigenvalue weighted by Crippen LogP contribution is 2.03. The maximum absolute atomic E-state index is 10.2. The first-order valence-corrected chi connectivity index (χ1v) is 6.81. The van der Waals surface area contributed by atoms with E-state index in [-0.39, 0.29) is 0 Å². The van der Waals surface area contributed by atoms with Crippen molar-refractivity contribution < 1.29 is 15.0 Å². The number of aliphatic hydroxyl groups excluding tert-OH is 1. The maximum atomic E-state index is 10.2. The molecule has 0 atom stereocenters. The number of rotatable bonds is 8. The minimum atomic E-state index is -0.879. The average Bonchev–Trinajstić information content (AvgIpc) is 2.44. The number of hydrogen-bond acceptors (Lipinski definition) is 3. The van der Waals surface area contributed by atoms with E-state index in [2.05, 4.69) is 0 Å². The molecule has 0 saturated heterocycles. The zero-order valence-electron chi connectivity index (χ0n) is 11.4. The van der Waals surface area contributed by atoms with Gasteiger partial charge >= 0.3 is 5.97 Å². The lowest BCUT2D eigenvalue weighted by Crippen LogP contribution is -1.97. The van der Waals surface area contributed by atoms with E-state index in [0.717, 1.165) is 19.4 Å². The van der Waals surface area contributed by atoms with Gasteiger partial charge in [-0.05, 0) is 31.5 Å². The van der Waals surface area contributed by atoms with Gasteiger partial charge in [-0.2, -0.15) is 0 Å². The second-order valence-corrected chi connectivity index (χ2v) is 4.30. The molecule has 0 aliphatic rings. The van der Waals surface area contributed by atoms with Crippen LogP contribution in [0.1, 0.15) is 48.9 Å². The Hall–Kier alpha value is -1.39. The highest BCUT2D eigenvalue weighted by molar-refractivity contribution is 5.87. The quantitative estimate of drug-likeness (QED) is 0.632. The van der Waals surface area contributed by atoms with Crippen molar-refractivity contribution >= 4 is 5.97 Å². The molecule has 108 valence electrons. The maximum Gasteiger partial charge on any atom is 0.335 e. The summed E-state index contributed by atoms with van der Waals surface area (Å²) in [5.74, 6) is -0.879. The van der Waals surface area contributed by atoms with Gasteiger partial charge in [-0.25, -0.2) is 4.79 Å². The minimum Gasteiger partial charge on any atom is -0.478 e. The lowest BCUT2D eigenvalue weighted by atomic mass is 10.1. The summed E-state index contributed by atoms with van der Waals surface area (Å²) in [6, 6.07) is 8.30. The first kappa shape index (κ1) is 17.6. The third-order valence-corrected chi connectivity index (χ3v) is 2.63. The highest BCUT2D eigenvalue weighted by Gasteiger charge is 1.96. The number of carboxylic acids is 1. The summed E-state index contributed by atoms with van der Waals surface area (Å²) in [6.07, 6.45) is 7.06. The van der Waals surface area contributed by atoms with Crippen molar-refractivity contribution in [2.45, 2.75) is 38.5 Å². The molecular weight excluding hydrogens is 242 g/mol. The summed E-state index contributed by atoms with van der Waals surface area (Å²) in [4.78, 5) is 10.2. The van der Waals surface area contributed by atoms with Gasteiger partial charge in [0.1, 0.15) is 0 Å². The van der Waals surface area contributed by atoms with Crippen molar-refractivity contribution in [1.82, 2.24) is 0 Å². The van der Waals surface area contributed by atoms with Gasteiger partial charge in [0, 0.05) is 6.61 Å². The molecule has 0 radical (unpaired) electrons. The Morgan fingerprint density at radius 1 is 0.947 bits per heavy atom. The van der Waals surface area contributed by atoms with Crippen LogP contribution < -0.4 is 5.73 Å². The van der Waals surface area contributed by atoms with Crippen LogP contribution in [0, 0.1) is 0 Å².